The third kappa shape index (κ3) is 2.97. The summed E-state index contributed by atoms with van der Waals surface area (Å²) in [6.07, 6.45) is 0. The minimum absolute atomic E-state index is 0.0594. The summed E-state index contributed by atoms with van der Waals surface area (Å²) < 4.78 is 10.5. The molecule has 1 aliphatic heterocycles. The second-order valence-corrected chi connectivity index (χ2v) is 5.61. The van der Waals surface area contributed by atoms with Crippen LogP contribution in [-0.4, -0.2) is 35.1 Å². The predicted molar refractivity (Wildman–Crippen MR) is 92.4 cm³/mol. The van der Waals surface area contributed by atoms with Crippen LogP contribution in [0.3, 0.4) is 0 Å². The van der Waals surface area contributed by atoms with E-state index < -0.39 is 11.8 Å². The largest absolute Gasteiger partial charge is 0.454 e. The quantitative estimate of drug-likeness (QED) is 0.555. The molecule has 4 N–H and O–H groups in total. The number of ether oxygens (including phenoxy) is 2. The number of benzene rings is 2. The molecule has 0 saturated heterocycles. The standard InChI is InChI=1S/C17H14N4O5/c22-14(19-9-4-5-11-12(6-9)21-17(24)20-11)7-18-16(23)10-2-1-3-13-15(10)26-8-25-13/h1-6H,7-8H2,(H,18,23)(H,19,22)(H2,20,21,24). The normalized spacial score (nSPS) is 12.2. The van der Waals surface area contributed by atoms with Crippen molar-refractivity contribution < 1.29 is 19.1 Å². The number of rotatable bonds is 4. The molecule has 2 heterocycles. The zero-order chi connectivity index (χ0) is 18.1. The van der Waals surface area contributed by atoms with Gasteiger partial charge in [-0.25, -0.2) is 4.79 Å². The van der Waals surface area contributed by atoms with E-state index in [-0.39, 0.29) is 19.0 Å². The van der Waals surface area contributed by atoms with Gasteiger partial charge in [0.2, 0.25) is 12.7 Å². The molecule has 0 bridgehead atoms. The number of fused-ring (bicyclic) bond motifs is 2. The van der Waals surface area contributed by atoms with Crippen LogP contribution in [0.2, 0.25) is 0 Å². The zero-order valence-corrected chi connectivity index (χ0v) is 13.4. The molecule has 2 amide bonds. The molecule has 0 aliphatic carbocycles. The molecule has 0 atom stereocenters. The molecular formula is C17H14N4O5. The van der Waals surface area contributed by atoms with Crippen molar-refractivity contribution in [2.45, 2.75) is 0 Å². The third-order valence-corrected chi connectivity index (χ3v) is 3.85. The van der Waals surface area contributed by atoms with Crippen LogP contribution in [0.15, 0.2) is 41.2 Å². The van der Waals surface area contributed by atoms with E-state index in [2.05, 4.69) is 20.6 Å². The lowest BCUT2D eigenvalue weighted by Crippen LogP contribution is -2.33. The van der Waals surface area contributed by atoms with Crippen molar-refractivity contribution in [3.8, 4) is 11.5 Å². The first kappa shape index (κ1) is 15.8. The highest BCUT2D eigenvalue weighted by atomic mass is 16.7. The maximum Gasteiger partial charge on any atom is 0.323 e. The van der Waals surface area contributed by atoms with Crippen LogP contribution in [0.5, 0.6) is 11.5 Å². The first-order chi connectivity index (χ1) is 12.6. The molecule has 9 heteroatoms. The predicted octanol–water partition coefficient (Wildman–Crippen LogP) is 0.953. The molecule has 132 valence electrons. The van der Waals surface area contributed by atoms with Crippen LogP contribution in [0.1, 0.15) is 10.4 Å². The third-order valence-electron chi connectivity index (χ3n) is 3.85. The Hall–Kier alpha value is -3.75. The summed E-state index contributed by atoms with van der Waals surface area (Å²) in [5.41, 5.74) is 1.70. The molecule has 1 aliphatic rings. The molecule has 9 nitrogen and oxygen atoms in total. The Labute approximate surface area is 146 Å². The van der Waals surface area contributed by atoms with Crippen molar-refractivity contribution in [2.24, 2.45) is 0 Å². The maximum absolute atomic E-state index is 12.3. The van der Waals surface area contributed by atoms with E-state index in [0.29, 0.717) is 33.8 Å². The molecule has 0 saturated carbocycles. The molecule has 0 spiro atoms. The van der Waals surface area contributed by atoms with Crippen molar-refractivity contribution in [3.63, 3.8) is 0 Å². The van der Waals surface area contributed by atoms with Crippen LogP contribution < -0.4 is 25.8 Å². The number of anilines is 1. The maximum atomic E-state index is 12.3. The van der Waals surface area contributed by atoms with Crippen molar-refractivity contribution >= 4 is 28.5 Å². The first-order valence-corrected chi connectivity index (χ1v) is 7.79. The fraction of sp³-hybridized carbons (Fsp3) is 0.118. The SMILES string of the molecule is O=C(CNC(=O)c1cccc2c1OCO2)Nc1ccc2[nH]c(=O)[nH]c2c1. The Morgan fingerprint density at radius 1 is 1.08 bits per heavy atom. The van der Waals surface area contributed by atoms with Gasteiger partial charge in [0, 0.05) is 5.69 Å². The Morgan fingerprint density at radius 3 is 2.81 bits per heavy atom. The highest BCUT2D eigenvalue weighted by molar-refractivity contribution is 6.01. The minimum Gasteiger partial charge on any atom is -0.454 e. The molecule has 26 heavy (non-hydrogen) atoms. The first-order valence-electron chi connectivity index (χ1n) is 7.79. The molecule has 3 aromatic rings. The molecule has 1 aromatic heterocycles. The number of hydrogen-bond acceptors (Lipinski definition) is 5. The zero-order valence-electron chi connectivity index (χ0n) is 13.4. The number of carbonyl (C=O) groups is 2. The van der Waals surface area contributed by atoms with E-state index in [4.69, 9.17) is 9.47 Å². The van der Waals surface area contributed by atoms with E-state index in [1.807, 2.05) is 0 Å². The lowest BCUT2D eigenvalue weighted by Gasteiger charge is -2.08. The van der Waals surface area contributed by atoms with Crippen LogP contribution in [0.25, 0.3) is 11.0 Å². The average molecular weight is 354 g/mol. The van der Waals surface area contributed by atoms with Gasteiger partial charge in [0.05, 0.1) is 23.1 Å². The molecule has 2 aromatic carbocycles. The number of aromatic nitrogens is 2. The fourth-order valence-corrected chi connectivity index (χ4v) is 2.68. The van der Waals surface area contributed by atoms with Gasteiger partial charge in [-0.1, -0.05) is 6.07 Å². The number of H-pyrrole nitrogens is 2. The van der Waals surface area contributed by atoms with Gasteiger partial charge in [0.25, 0.3) is 5.91 Å². The van der Waals surface area contributed by atoms with Gasteiger partial charge in [-0.15, -0.1) is 0 Å². The van der Waals surface area contributed by atoms with E-state index in [0.717, 1.165) is 0 Å². The Bertz CT molecular complexity index is 1070. The second kappa shape index (κ2) is 6.28. The van der Waals surface area contributed by atoms with Crippen molar-refractivity contribution in [1.29, 1.82) is 0 Å². The van der Waals surface area contributed by atoms with Gasteiger partial charge >= 0.3 is 5.69 Å². The second-order valence-electron chi connectivity index (χ2n) is 5.61. The topological polar surface area (TPSA) is 125 Å². The lowest BCUT2D eigenvalue weighted by molar-refractivity contribution is -0.115. The monoisotopic (exact) mass is 354 g/mol. The smallest absolute Gasteiger partial charge is 0.323 e. The Kier molecular flexibility index (Phi) is 3.81. The number of carbonyl (C=O) groups excluding carboxylic acids is 2. The van der Waals surface area contributed by atoms with Gasteiger partial charge in [0.1, 0.15) is 0 Å². The summed E-state index contributed by atoms with van der Waals surface area (Å²) in [6.45, 7) is -0.158. The van der Waals surface area contributed by atoms with E-state index in [9.17, 15) is 14.4 Å². The molecule has 0 unspecified atom stereocenters. The summed E-state index contributed by atoms with van der Waals surface area (Å²) in [5, 5.41) is 5.20. The number of aromatic amines is 2. The molecule has 4 rings (SSSR count). The van der Waals surface area contributed by atoms with Crippen molar-refractivity contribution in [2.75, 3.05) is 18.7 Å². The number of nitrogens with one attached hydrogen (secondary N) is 4. The van der Waals surface area contributed by atoms with Gasteiger partial charge in [-0.05, 0) is 30.3 Å². The van der Waals surface area contributed by atoms with Gasteiger partial charge in [0.15, 0.2) is 11.5 Å². The number of imidazole rings is 1. The van der Waals surface area contributed by atoms with E-state index >= 15 is 0 Å². The van der Waals surface area contributed by atoms with Crippen LogP contribution >= 0.6 is 0 Å². The fourth-order valence-electron chi connectivity index (χ4n) is 2.68. The summed E-state index contributed by atoms with van der Waals surface area (Å²) in [6, 6.07) is 9.93. The van der Waals surface area contributed by atoms with E-state index in [1.165, 1.54) is 0 Å². The van der Waals surface area contributed by atoms with Gasteiger partial charge < -0.3 is 30.1 Å². The number of amides is 2. The van der Waals surface area contributed by atoms with Gasteiger partial charge in [-0.2, -0.15) is 0 Å². The summed E-state index contributed by atoms with van der Waals surface area (Å²) in [4.78, 5) is 40.8. The van der Waals surface area contributed by atoms with Gasteiger partial charge in [-0.3, -0.25) is 9.59 Å². The molecule has 0 radical (unpaired) electrons. The number of hydrogen-bond donors (Lipinski definition) is 4. The summed E-state index contributed by atoms with van der Waals surface area (Å²) >= 11 is 0. The van der Waals surface area contributed by atoms with Crippen LogP contribution in [-0.2, 0) is 4.79 Å². The highest BCUT2D eigenvalue weighted by Crippen LogP contribution is 2.35. The average Bonchev–Trinajstić information content (AvgIpc) is 3.24. The number of para-hydroxylation sites is 1. The highest BCUT2D eigenvalue weighted by Gasteiger charge is 2.21. The molecular weight excluding hydrogens is 340 g/mol. The Morgan fingerprint density at radius 2 is 1.92 bits per heavy atom. The van der Waals surface area contributed by atoms with Crippen molar-refractivity contribution in [3.05, 3.63) is 52.4 Å². The summed E-state index contributed by atoms with van der Waals surface area (Å²) in [7, 11) is 0. The Balaban J connectivity index is 1.39. The lowest BCUT2D eigenvalue weighted by atomic mass is 10.1. The minimum atomic E-state index is -0.437. The van der Waals surface area contributed by atoms with E-state index in [1.54, 1.807) is 36.4 Å². The van der Waals surface area contributed by atoms with Crippen LogP contribution in [0.4, 0.5) is 5.69 Å². The van der Waals surface area contributed by atoms with Crippen LogP contribution in [0, 0.1) is 0 Å². The van der Waals surface area contributed by atoms with Crippen molar-refractivity contribution in [1.82, 2.24) is 15.3 Å². The molecule has 0 fully saturated rings. The summed E-state index contributed by atoms with van der Waals surface area (Å²) in [5.74, 6) is 0.0245.